The molecule has 1 saturated carbocycles. The van der Waals surface area contributed by atoms with Gasteiger partial charge in [0.25, 0.3) is 0 Å². The minimum Gasteiger partial charge on any atom is -0.131 e. The molecule has 1 aliphatic rings. The quantitative estimate of drug-likeness (QED) is 0.707. The van der Waals surface area contributed by atoms with Gasteiger partial charge in [-0.1, -0.05) is 49.6 Å². The van der Waals surface area contributed by atoms with Crippen LogP contribution in [0.3, 0.4) is 0 Å². The molecule has 0 nitrogen and oxygen atoms in total. The molecular formula is C14H18S. The van der Waals surface area contributed by atoms with Crippen molar-refractivity contribution in [1.82, 2.24) is 0 Å². The highest BCUT2D eigenvalue weighted by molar-refractivity contribution is 8.02. The second-order valence-electron chi connectivity index (χ2n) is 4.11. The predicted octanol–water partition coefficient (Wildman–Crippen LogP) is 4.72. The molecule has 1 fully saturated rings. The monoisotopic (exact) mass is 218 g/mol. The Bertz CT molecular complexity index is 296. The highest BCUT2D eigenvalue weighted by Crippen LogP contribution is 2.29. The fraction of sp³-hybridized carbons (Fsp3) is 0.429. The van der Waals surface area contributed by atoms with Gasteiger partial charge in [0.05, 0.1) is 0 Å². The fourth-order valence-corrected chi connectivity index (χ4v) is 3.06. The lowest BCUT2D eigenvalue weighted by Crippen LogP contribution is -2.06. The molecule has 0 aliphatic heterocycles. The summed E-state index contributed by atoms with van der Waals surface area (Å²) in [6.07, 6.45) is 9.33. The topological polar surface area (TPSA) is 0 Å². The molecule has 1 aromatic carbocycles. The maximum Gasteiger partial charge on any atom is 0.00884 e. The van der Waals surface area contributed by atoms with Crippen molar-refractivity contribution in [3.8, 4) is 0 Å². The van der Waals surface area contributed by atoms with E-state index in [0.717, 1.165) is 5.25 Å². The van der Waals surface area contributed by atoms with Crippen molar-refractivity contribution in [3.05, 3.63) is 41.3 Å². The van der Waals surface area contributed by atoms with Crippen LogP contribution in [0, 0.1) is 0 Å². The van der Waals surface area contributed by atoms with Gasteiger partial charge in [0.15, 0.2) is 0 Å². The van der Waals surface area contributed by atoms with Gasteiger partial charge in [0.2, 0.25) is 0 Å². The Morgan fingerprint density at radius 1 is 1.00 bits per heavy atom. The number of hydrogen-bond donors (Lipinski definition) is 0. The molecule has 0 radical (unpaired) electrons. The van der Waals surface area contributed by atoms with Gasteiger partial charge in [-0.15, -0.1) is 11.8 Å². The van der Waals surface area contributed by atoms with Crippen molar-refractivity contribution in [1.29, 1.82) is 0 Å². The molecule has 1 aliphatic carbocycles. The Kier molecular flexibility index (Phi) is 4.34. The average Bonchev–Trinajstić information content (AvgIpc) is 2.32. The molecule has 0 unspecified atom stereocenters. The minimum atomic E-state index is 0.874. The smallest absolute Gasteiger partial charge is 0.00884 e. The Morgan fingerprint density at radius 2 is 1.73 bits per heavy atom. The van der Waals surface area contributed by atoms with Crippen LogP contribution in [0.4, 0.5) is 0 Å². The van der Waals surface area contributed by atoms with Gasteiger partial charge in [-0.2, -0.15) is 0 Å². The lowest BCUT2D eigenvalue weighted by Gasteiger charge is -2.18. The van der Waals surface area contributed by atoms with E-state index in [1.54, 1.807) is 0 Å². The van der Waals surface area contributed by atoms with Crippen LogP contribution in [0.15, 0.2) is 35.7 Å². The second kappa shape index (κ2) is 6.02. The molecule has 15 heavy (non-hydrogen) atoms. The van der Waals surface area contributed by atoms with E-state index in [1.165, 1.54) is 37.7 Å². The third-order valence-corrected chi connectivity index (χ3v) is 4.03. The number of thioether (sulfide) groups is 1. The van der Waals surface area contributed by atoms with E-state index in [9.17, 15) is 0 Å². The van der Waals surface area contributed by atoms with Crippen LogP contribution >= 0.6 is 11.8 Å². The molecule has 0 saturated heterocycles. The lowest BCUT2D eigenvalue weighted by atomic mass is 10.0. The van der Waals surface area contributed by atoms with E-state index in [0.29, 0.717) is 0 Å². The SMILES string of the molecule is C(=C/c1ccccc1)/SC1CCCCC1. The molecule has 2 rings (SSSR count). The first-order valence-corrected chi connectivity index (χ1v) is 6.76. The largest absolute Gasteiger partial charge is 0.131 e. The molecule has 1 heteroatoms. The molecule has 0 heterocycles. The summed E-state index contributed by atoms with van der Waals surface area (Å²) in [5.74, 6) is 0. The molecule has 0 aromatic heterocycles. The molecule has 0 bridgehead atoms. The lowest BCUT2D eigenvalue weighted by molar-refractivity contribution is 0.517. The van der Waals surface area contributed by atoms with Crippen LogP contribution in [0.5, 0.6) is 0 Å². The third-order valence-electron chi connectivity index (χ3n) is 2.88. The van der Waals surface area contributed by atoms with Crippen LogP contribution in [0.1, 0.15) is 37.7 Å². The molecule has 0 N–H and O–H groups in total. The minimum absolute atomic E-state index is 0.874. The van der Waals surface area contributed by atoms with Crippen molar-refractivity contribution >= 4 is 17.8 Å². The zero-order valence-corrected chi connectivity index (χ0v) is 9.88. The first kappa shape index (κ1) is 10.8. The van der Waals surface area contributed by atoms with Crippen LogP contribution in [0.25, 0.3) is 6.08 Å². The first-order valence-electron chi connectivity index (χ1n) is 5.82. The average molecular weight is 218 g/mol. The van der Waals surface area contributed by atoms with Gasteiger partial charge < -0.3 is 0 Å². The number of rotatable bonds is 3. The summed E-state index contributed by atoms with van der Waals surface area (Å²) >= 11 is 2.01. The van der Waals surface area contributed by atoms with Gasteiger partial charge in [-0.3, -0.25) is 0 Å². The van der Waals surface area contributed by atoms with E-state index in [2.05, 4.69) is 41.8 Å². The van der Waals surface area contributed by atoms with Crippen LogP contribution in [0.2, 0.25) is 0 Å². The molecule has 0 spiro atoms. The van der Waals surface area contributed by atoms with Crippen molar-refractivity contribution in [3.63, 3.8) is 0 Å². The van der Waals surface area contributed by atoms with E-state index in [4.69, 9.17) is 0 Å². The fourth-order valence-electron chi connectivity index (χ4n) is 1.99. The molecular weight excluding hydrogens is 200 g/mol. The maximum atomic E-state index is 2.27. The van der Waals surface area contributed by atoms with E-state index < -0.39 is 0 Å². The summed E-state index contributed by atoms with van der Waals surface area (Å²) in [5, 5.41) is 3.14. The molecule has 0 amide bonds. The van der Waals surface area contributed by atoms with Crippen LogP contribution < -0.4 is 0 Å². The van der Waals surface area contributed by atoms with Gasteiger partial charge in [-0.25, -0.2) is 0 Å². The van der Waals surface area contributed by atoms with Gasteiger partial charge in [0.1, 0.15) is 0 Å². The van der Waals surface area contributed by atoms with Crippen LogP contribution in [-0.2, 0) is 0 Å². The summed E-state index contributed by atoms with van der Waals surface area (Å²) in [7, 11) is 0. The van der Waals surface area contributed by atoms with Crippen molar-refractivity contribution in [2.75, 3.05) is 0 Å². The van der Waals surface area contributed by atoms with Crippen molar-refractivity contribution in [2.24, 2.45) is 0 Å². The summed E-state index contributed by atoms with van der Waals surface area (Å²) in [6.45, 7) is 0. The summed E-state index contributed by atoms with van der Waals surface area (Å²) < 4.78 is 0. The molecule has 1 aromatic rings. The second-order valence-corrected chi connectivity index (χ2v) is 5.32. The molecule has 0 atom stereocenters. The summed E-state index contributed by atoms with van der Waals surface area (Å²) in [5.41, 5.74) is 1.31. The normalized spacial score (nSPS) is 18.4. The standard InChI is InChI=1S/C14H18S/c1-3-7-13(8-4-1)11-12-15-14-9-5-2-6-10-14/h1,3-4,7-8,11-12,14H,2,5-6,9-10H2/b12-11-. The van der Waals surface area contributed by atoms with Crippen LogP contribution in [-0.4, -0.2) is 5.25 Å². The zero-order chi connectivity index (χ0) is 10.3. The first-order chi connectivity index (χ1) is 7.45. The van der Waals surface area contributed by atoms with Gasteiger partial charge in [0, 0.05) is 5.25 Å². The zero-order valence-electron chi connectivity index (χ0n) is 9.06. The highest BCUT2D eigenvalue weighted by atomic mass is 32.2. The Balaban J connectivity index is 1.79. The summed E-state index contributed by atoms with van der Waals surface area (Å²) in [4.78, 5) is 0. The Morgan fingerprint density at radius 3 is 2.47 bits per heavy atom. The molecule has 80 valence electrons. The van der Waals surface area contributed by atoms with Gasteiger partial charge >= 0.3 is 0 Å². The number of benzene rings is 1. The van der Waals surface area contributed by atoms with E-state index >= 15 is 0 Å². The number of hydrogen-bond acceptors (Lipinski definition) is 1. The summed E-state index contributed by atoms with van der Waals surface area (Å²) in [6, 6.07) is 10.5. The third kappa shape index (κ3) is 3.75. The highest BCUT2D eigenvalue weighted by Gasteiger charge is 2.11. The predicted molar refractivity (Wildman–Crippen MR) is 69.9 cm³/mol. The Hall–Kier alpha value is -0.690. The van der Waals surface area contributed by atoms with Crippen molar-refractivity contribution < 1.29 is 0 Å². The van der Waals surface area contributed by atoms with Crippen molar-refractivity contribution in [2.45, 2.75) is 37.4 Å². The van der Waals surface area contributed by atoms with Gasteiger partial charge in [-0.05, 0) is 29.9 Å². The van der Waals surface area contributed by atoms with E-state index in [1.807, 2.05) is 11.8 Å². The maximum absolute atomic E-state index is 2.27. The Labute approximate surface area is 96.8 Å². The van der Waals surface area contributed by atoms with E-state index in [-0.39, 0.29) is 0 Å².